The molecule has 0 saturated carbocycles. The highest BCUT2D eigenvalue weighted by atomic mass is 32.1. The number of oxime groups is 1. The van der Waals surface area contributed by atoms with Gasteiger partial charge in [-0.2, -0.15) is 0 Å². The van der Waals surface area contributed by atoms with E-state index >= 15 is 0 Å². The minimum absolute atomic E-state index is 0.00122. The lowest BCUT2D eigenvalue weighted by atomic mass is 9.98. The van der Waals surface area contributed by atoms with Crippen molar-refractivity contribution in [1.29, 1.82) is 0 Å². The van der Waals surface area contributed by atoms with Crippen molar-refractivity contribution in [3.05, 3.63) is 46.2 Å². The Morgan fingerprint density at radius 1 is 1.39 bits per heavy atom. The number of benzene rings is 1. The third-order valence-electron chi connectivity index (χ3n) is 2.76. The molecule has 1 aromatic heterocycles. The lowest BCUT2D eigenvalue weighted by Crippen LogP contribution is -2.12. The molecule has 0 radical (unpaired) electrons. The van der Waals surface area contributed by atoms with Crippen LogP contribution in [0.2, 0.25) is 0 Å². The molecule has 1 N–H and O–H groups in total. The maximum atomic E-state index is 12.7. The fourth-order valence-electron chi connectivity index (χ4n) is 1.61. The topological polar surface area (TPSA) is 63.6 Å². The van der Waals surface area contributed by atoms with E-state index in [-0.39, 0.29) is 17.8 Å². The van der Waals surface area contributed by atoms with Gasteiger partial charge < -0.3 is 10.2 Å². The molecule has 0 spiro atoms. The summed E-state index contributed by atoms with van der Waals surface area (Å²) in [4.78, 5) is 21.1. The smallest absolute Gasteiger partial charge is 0.270 e. The number of aromatic nitrogens is 1. The molecule has 122 valence electrons. The third kappa shape index (κ3) is 5.45. The average molecular weight is 335 g/mol. The van der Waals surface area contributed by atoms with Gasteiger partial charge in [-0.05, 0) is 24.3 Å². The number of thiazole rings is 1. The zero-order chi connectivity index (χ0) is 16.9. The number of hydrogen-bond donors (Lipinski definition) is 1. The van der Waals surface area contributed by atoms with Gasteiger partial charge in [0.05, 0.1) is 10.7 Å². The number of nitrogens with one attached hydrogen (secondary N) is 1. The molecule has 0 unspecified atom stereocenters. The van der Waals surface area contributed by atoms with Gasteiger partial charge in [-0.3, -0.25) is 4.79 Å². The molecule has 1 aromatic carbocycles. The van der Waals surface area contributed by atoms with E-state index in [1.807, 2.05) is 5.38 Å². The summed E-state index contributed by atoms with van der Waals surface area (Å²) < 4.78 is 12.7. The predicted octanol–water partition coefficient (Wildman–Crippen LogP) is 3.72. The largest absolute Gasteiger partial charge is 0.389 e. The number of carbonyl (C=O) groups is 1. The van der Waals surface area contributed by atoms with Crippen LogP contribution in [-0.4, -0.2) is 17.1 Å². The van der Waals surface area contributed by atoms with E-state index < -0.39 is 5.91 Å². The third-order valence-corrected chi connectivity index (χ3v) is 4.08. The summed E-state index contributed by atoms with van der Waals surface area (Å²) in [7, 11) is 0. The van der Waals surface area contributed by atoms with Gasteiger partial charge in [0.2, 0.25) is 0 Å². The summed E-state index contributed by atoms with van der Waals surface area (Å²) in [6.45, 7) is 6.48. The van der Waals surface area contributed by atoms with Crippen LogP contribution in [0.5, 0.6) is 0 Å². The Labute approximate surface area is 138 Å². The molecule has 1 heterocycles. The predicted molar refractivity (Wildman–Crippen MR) is 89.1 cm³/mol. The van der Waals surface area contributed by atoms with Crippen LogP contribution < -0.4 is 5.32 Å². The molecule has 0 atom stereocenters. The summed E-state index contributed by atoms with van der Waals surface area (Å²) in [6, 6.07) is 5.45. The lowest BCUT2D eigenvalue weighted by molar-refractivity contribution is -0.110. The van der Waals surface area contributed by atoms with Crippen LogP contribution in [0, 0.1) is 5.82 Å². The van der Waals surface area contributed by atoms with E-state index in [1.165, 1.54) is 24.3 Å². The summed E-state index contributed by atoms with van der Waals surface area (Å²) in [5, 5.41) is 9.08. The quantitative estimate of drug-likeness (QED) is 0.669. The Balaban J connectivity index is 1.79. The van der Waals surface area contributed by atoms with Crippen LogP contribution in [0.15, 0.2) is 34.8 Å². The molecule has 0 aliphatic carbocycles. The first kappa shape index (κ1) is 17.1. The van der Waals surface area contributed by atoms with Gasteiger partial charge >= 0.3 is 0 Å². The van der Waals surface area contributed by atoms with E-state index in [9.17, 15) is 9.18 Å². The Morgan fingerprint density at radius 2 is 2.09 bits per heavy atom. The molecule has 0 bridgehead atoms. The Morgan fingerprint density at radius 3 is 2.70 bits per heavy atom. The van der Waals surface area contributed by atoms with Crippen molar-refractivity contribution in [2.24, 2.45) is 5.16 Å². The number of rotatable bonds is 5. The first-order valence-corrected chi connectivity index (χ1v) is 7.89. The molecule has 0 saturated heterocycles. The lowest BCUT2D eigenvalue weighted by Gasteiger charge is -2.13. The van der Waals surface area contributed by atoms with Gasteiger partial charge in [-0.1, -0.05) is 25.9 Å². The van der Waals surface area contributed by atoms with Crippen LogP contribution in [-0.2, 0) is 21.7 Å². The number of halogens is 1. The molecule has 2 rings (SSSR count). The summed E-state index contributed by atoms with van der Waals surface area (Å²) in [6.07, 6.45) is 1.03. The monoisotopic (exact) mass is 335 g/mol. The van der Waals surface area contributed by atoms with Crippen LogP contribution in [0.1, 0.15) is 31.5 Å². The molecule has 1 amide bonds. The van der Waals surface area contributed by atoms with Gasteiger partial charge in [0.25, 0.3) is 5.91 Å². The van der Waals surface area contributed by atoms with Crippen molar-refractivity contribution in [3.8, 4) is 0 Å². The minimum atomic E-state index is -0.453. The second kappa shape index (κ2) is 7.32. The highest BCUT2D eigenvalue weighted by molar-refractivity contribution is 7.09. The van der Waals surface area contributed by atoms with Crippen molar-refractivity contribution in [1.82, 2.24) is 4.98 Å². The number of amides is 1. The number of carbonyl (C=O) groups excluding carboxylic acids is 1. The highest BCUT2D eigenvalue weighted by Gasteiger charge is 2.17. The van der Waals surface area contributed by atoms with Crippen molar-refractivity contribution in [2.45, 2.75) is 32.8 Å². The summed E-state index contributed by atoms with van der Waals surface area (Å²) in [5.74, 6) is -0.817. The SMILES string of the molecule is CC(C)(C)c1nc(CON=CC(=O)Nc2ccc(F)cc2)cs1. The first-order valence-electron chi connectivity index (χ1n) is 7.01. The molecule has 0 aliphatic rings. The second-order valence-electron chi connectivity index (χ2n) is 5.90. The van der Waals surface area contributed by atoms with Crippen molar-refractivity contribution < 1.29 is 14.0 Å². The van der Waals surface area contributed by atoms with Crippen LogP contribution >= 0.6 is 11.3 Å². The standard InChI is InChI=1S/C16H18FN3O2S/c1-16(2,3)15-20-13(10-23-15)9-22-18-8-14(21)19-12-6-4-11(17)5-7-12/h4-8,10H,9H2,1-3H3,(H,19,21). The van der Waals surface area contributed by atoms with Gasteiger partial charge in [0.15, 0.2) is 6.61 Å². The molecular weight excluding hydrogens is 317 g/mol. The molecule has 0 fully saturated rings. The number of hydrogen-bond acceptors (Lipinski definition) is 5. The van der Waals surface area contributed by atoms with Gasteiger partial charge in [-0.25, -0.2) is 9.37 Å². The maximum absolute atomic E-state index is 12.7. The van der Waals surface area contributed by atoms with E-state index in [2.05, 4.69) is 36.2 Å². The fraction of sp³-hybridized carbons (Fsp3) is 0.312. The van der Waals surface area contributed by atoms with Crippen molar-refractivity contribution in [2.75, 3.05) is 5.32 Å². The van der Waals surface area contributed by atoms with E-state index in [0.29, 0.717) is 5.69 Å². The van der Waals surface area contributed by atoms with Crippen molar-refractivity contribution >= 4 is 29.1 Å². The number of nitrogens with zero attached hydrogens (tertiary/aromatic N) is 2. The highest BCUT2D eigenvalue weighted by Crippen LogP contribution is 2.25. The van der Waals surface area contributed by atoms with Gasteiger partial charge in [0, 0.05) is 16.5 Å². The van der Waals surface area contributed by atoms with Gasteiger partial charge in [-0.15, -0.1) is 11.3 Å². The normalized spacial score (nSPS) is 11.7. The molecule has 7 heteroatoms. The van der Waals surface area contributed by atoms with Crippen LogP contribution in [0.3, 0.4) is 0 Å². The minimum Gasteiger partial charge on any atom is -0.389 e. The Hall–Kier alpha value is -2.28. The molecule has 23 heavy (non-hydrogen) atoms. The van der Waals surface area contributed by atoms with Gasteiger partial charge in [0.1, 0.15) is 12.0 Å². The first-order chi connectivity index (χ1) is 10.8. The van der Waals surface area contributed by atoms with Crippen LogP contribution in [0.4, 0.5) is 10.1 Å². The second-order valence-corrected chi connectivity index (χ2v) is 6.76. The maximum Gasteiger partial charge on any atom is 0.270 e. The van der Waals surface area contributed by atoms with E-state index in [1.54, 1.807) is 11.3 Å². The molecule has 0 aliphatic heterocycles. The van der Waals surface area contributed by atoms with E-state index in [4.69, 9.17) is 4.84 Å². The molecule has 2 aromatic rings. The van der Waals surface area contributed by atoms with Crippen LogP contribution in [0.25, 0.3) is 0 Å². The Bertz CT molecular complexity index is 690. The summed E-state index contributed by atoms with van der Waals surface area (Å²) >= 11 is 1.57. The zero-order valence-corrected chi connectivity index (χ0v) is 14.0. The number of anilines is 1. The fourth-order valence-corrected chi connectivity index (χ4v) is 2.51. The molecular formula is C16H18FN3O2S. The van der Waals surface area contributed by atoms with Crippen molar-refractivity contribution in [3.63, 3.8) is 0 Å². The molecule has 5 nitrogen and oxygen atoms in total. The zero-order valence-electron chi connectivity index (χ0n) is 13.2. The Kier molecular flexibility index (Phi) is 5.44. The summed E-state index contributed by atoms with van der Waals surface area (Å²) in [5.41, 5.74) is 1.26. The van der Waals surface area contributed by atoms with E-state index in [0.717, 1.165) is 16.9 Å². The average Bonchev–Trinajstić information content (AvgIpc) is 2.95.